The van der Waals surface area contributed by atoms with E-state index in [2.05, 4.69) is 20.3 Å². The average molecular weight is 387 g/mol. The van der Waals surface area contributed by atoms with Crippen LogP contribution in [0.4, 0.5) is 0 Å². The number of carbonyl (C=O) groups is 1. The first-order chi connectivity index (χ1) is 13.5. The molecule has 0 aliphatic heterocycles. The number of aromatic nitrogens is 4. The monoisotopic (exact) mass is 387 g/mol. The van der Waals surface area contributed by atoms with Gasteiger partial charge in [-0.2, -0.15) is 0 Å². The van der Waals surface area contributed by atoms with Gasteiger partial charge >= 0.3 is 0 Å². The number of amides is 1. The molecule has 1 amide bonds. The van der Waals surface area contributed by atoms with Crippen molar-refractivity contribution in [3.63, 3.8) is 0 Å². The third-order valence-corrected chi connectivity index (χ3v) is 4.97. The standard InChI is InChI=1S/C19H25N5O4/c1-12-13(2)22-11-24(19(12)26)10-16(25)23-14-4-6-15(7-5-14)28-18-17(27-3)20-8-9-21-18/h8-9,11,14-15H,4-7,10H2,1-3H3,(H,23,25). The van der Waals surface area contributed by atoms with Crippen LogP contribution in [-0.4, -0.2) is 44.7 Å². The van der Waals surface area contributed by atoms with Crippen molar-refractivity contribution in [2.45, 2.75) is 58.2 Å². The number of nitrogens with one attached hydrogen (secondary N) is 1. The van der Waals surface area contributed by atoms with Gasteiger partial charge in [0.15, 0.2) is 0 Å². The van der Waals surface area contributed by atoms with Gasteiger partial charge in [-0.25, -0.2) is 15.0 Å². The van der Waals surface area contributed by atoms with E-state index in [1.807, 2.05) is 0 Å². The molecule has 0 saturated heterocycles. The van der Waals surface area contributed by atoms with E-state index in [0.29, 0.717) is 23.0 Å². The highest BCUT2D eigenvalue weighted by Crippen LogP contribution is 2.27. The molecule has 1 saturated carbocycles. The van der Waals surface area contributed by atoms with Gasteiger partial charge in [-0.1, -0.05) is 0 Å². The van der Waals surface area contributed by atoms with Crippen LogP contribution >= 0.6 is 0 Å². The van der Waals surface area contributed by atoms with Gasteiger partial charge in [0, 0.05) is 29.7 Å². The van der Waals surface area contributed by atoms with Crippen molar-refractivity contribution in [3.05, 3.63) is 40.3 Å². The largest absolute Gasteiger partial charge is 0.477 e. The summed E-state index contributed by atoms with van der Waals surface area (Å²) in [4.78, 5) is 36.9. The number of aryl methyl sites for hydroxylation is 1. The maximum Gasteiger partial charge on any atom is 0.278 e. The minimum Gasteiger partial charge on any atom is -0.477 e. The Bertz CT molecular complexity index is 890. The van der Waals surface area contributed by atoms with E-state index >= 15 is 0 Å². The third kappa shape index (κ3) is 4.65. The van der Waals surface area contributed by atoms with Crippen LogP contribution in [0.25, 0.3) is 0 Å². The second kappa shape index (κ2) is 8.81. The molecule has 1 aliphatic rings. The van der Waals surface area contributed by atoms with E-state index in [0.717, 1.165) is 25.7 Å². The zero-order chi connectivity index (χ0) is 20.1. The van der Waals surface area contributed by atoms with Crippen molar-refractivity contribution in [2.24, 2.45) is 0 Å². The Balaban J connectivity index is 1.49. The first-order valence-electron chi connectivity index (χ1n) is 9.31. The highest BCUT2D eigenvalue weighted by molar-refractivity contribution is 5.76. The topological polar surface area (TPSA) is 108 Å². The number of ether oxygens (including phenoxy) is 2. The fourth-order valence-corrected chi connectivity index (χ4v) is 3.23. The summed E-state index contributed by atoms with van der Waals surface area (Å²) in [5.74, 6) is 0.566. The first-order valence-corrected chi connectivity index (χ1v) is 9.31. The lowest BCUT2D eigenvalue weighted by Gasteiger charge is -2.29. The molecule has 28 heavy (non-hydrogen) atoms. The number of nitrogens with zero attached hydrogens (tertiary/aromatic N) is 4. The van der Waals surface area contributed by atoms with Crippen LogP contribution in [0.15, 0.2) is 23.5 Å². The van der Waals surface area contributed by atoms with E-state index in [-0.39, 0.29) is 30.2 Å². The highest BCUT2D eigenvalue weighted by atomic mass is 16.5. The van der Waals surface area contributed by atoms with Crippen molar-refractivity contribution < 1.29 is 14.3 Å². The van der Waals surface area contributed by atoms with Crippen LogP contribution < -0.4 is 20.3 Å². The lowest BCUT2D eigenvalue weighted by Crippen LogP contribution is -2.42. The van der Waals surface area contributed by atoms with Gasteiger partial charge in [0.25, 0.3) is 17.3 Å². The van der Waals surface area contributed by atoms with Crippen molar-refractivity contribution in [3.8, 4) is 11.8 Å². The van der Waals surface area contributed by atoms with Crippen LogP contribution in [0, 0.1) is 13.8 Å². The molecule has 3 rings (SSSR count). The fraction of sp³-hybridized carbons (Fsp3) is 0.526. The van der Waals surface area contributed by atoms with Crippen molar-refractivity contribution >= 4 is 5.91 Å². The SMILES string of the molecule is COc1nccnc1OC1CCC(NC(=O)Cn2cnc(C)c(C)c2=O)CC1. The molecular weight excluding hydrogens is 362 g/mol. The molecule has 9 nitrogen and oxygen atoms in total. The third-order valence-electron chi connectivity index (χ3n) is 4.97. The minimum absolute atomic E-state index is 0.00493. The predicted molar refractivity (Wildman–Crippen MR) is 101 cm³/mol. The Morgan fingerprint density at radius 3 is 2.50 bits per heavy atom. The van der Waals surface area contributed by atoms with Gasteiger partial charge in [0.1, 0.15) is 12.6 Å². The molecule has 9 heteroatoms. The summed E-state index contributed by atoms with van der Waals surface area (Å²) in [5.41, 5.74) is 1.06. The van der Waals surface area contributed by atoms with Crippen LogP contribution in [0.1, 0.15) is 36.9 Å². The number of methoxy groups -OCH3 is 1. The number of hydrogen-bond acceptors (Lipinski definition) is 7. The summed E-state index contributed by atoms with van der Waals surface area (Å²) in [6.45, 7) is 3.46. The Kier molecular flexibility index (Phi) is 6.23. The molecule has 0 spiro atoms. The molecule has 0 unspecified atom stereocenters. The fourth-order valence-electron chi connectivity index (χ4n) is 3.23. The lowest BCUT2D eigenvalue weighted by atomic mass is 9.93. The maximum absolute atomic E-state index is 12.3. The maximum atomic E-state index is 12.3. The molecule has 1 N–H and O–H groups in total. The van der Waals surface area contributed by atoms with Gasteiger partial charge < -0.3 is 14.8 Å². The van der Waals surface area contributed by atoms with Crippen LogP contribution in [0.3, 0.4) is 0 Å². The summed E-state index contributed by atoms with van der Waals surface area (Å²) in [5, 5.41) is 3.00. The van der Waals surface area contributed by atoms with E-state index in [1.54, 1.807) is 26.2 Å². The van der Waals surface area contributed by atoms with Gasteiger partial charge in [-0.15, -0.1) is 0 Å². The van der Waals surface area contributed by atoms with E-state index in [4.69, 9.17) is 9.47 Å². The van der Waals surface area contributed by atoms with Crippen molar-refractivity contribution in [1.82, 2.24) is 24.8 Å². The number of carbonyl (C=O) groups excluding carboxylic acids is 1. The molecule has 0 radical (unpaired) electrons. The Morgan fingerprint density at radius 2 is 1.82 bits per heavy atom. The molecule has 0 bridgehead atoms. The number of rotatable bonds is 6. The predicted octanol–water partition coefficient (Wildman–Crippen LogP) is 1.17. The van der Waals surface area contributed by atoms with Gasteiger partial charge in [0.05, 0.1) is 13.4 Å². The molecule has 150 valence electrons. The minimum atomic E-state index is -0.188. The molecule has 2 heterocycles. The van der Waals surface area contributed by atoms with E-state index in [9.17, 15) is 9.59 Å². The molecule has 1 fully saturated rings. The Hall–Kier alpha value is -2.97. The smallest absolute Gasteiger partial charge is 0.278 e. The summed E-state index contributed by atoms with van der Waals surface area (Å²) in [6.07, 6.45) is 7.69. The molecular formula is C19H25N5O4. The number of hydrogen-bond donors (Lipinski definition) is 1. The normalized spacial score (nSPS) is 19.1. The summed E-state index contributed by atoms with van der Waals surface area (Å²) < 4.78 is 12.4. The summed E-state index contributed by atoms with van der Waals surface area (Å²) >= 11 is 0. The van der Waals surface area contributed by atoms with Gasteiger partial charge in [-0.3, -0.25) is 14.2 Å². The van der Waals surface area contributed by atoms with Crippen LogP contribution in [0.5, 0.6) is 11.8 Å². The van der Waals surface area contributed by atoms with Crippen molar-refractivity contribution in [1.29, 1.82) is 0 Å². The Labute approximate surface area is 163 Å². The Morgan fingerprint density at radius 1 is 1.14 bits per heavy atom. The van der Waals surface area contributed by atoms with Crippen LogP contribution in [-0.2, 0) is 11.3 Å². The van der Waals surface area contributed by atoms with Gasteiger partial charge in [0.2, 0.25) is 5.91 Å². The lowest BCUT2D eigenvalue weighted by molar-refractivity contribution is -0.122. The molecule has 0 aromatic carbocycles. The molecule has 2 aromatic rings. The van der Waals surface area contributed by atoms with E-state index < -0.39 is 0 Å². The van der Waals surface area contributed by atoms with Crippen molar-refractivity contribution in [2.75, 3.05) is 7.11 Å². The average Bonchev–Trinajstić information content (AvgIpc) is 2.70. The molecule has 1 aliphatic carbocycles. The second-order valence-corrected chi connectivity index (χ2v) is 6.92. The zero-order valence-corrected chi connectivity index (χ0v) is 16.3. The first kappa shape index (κ1) is 19.8. The highest BCUT2D eigenvalue weighted by Gasteiger charge is 2.25. The summed E-state index contributed by atoms with van der Waals surface area (Å²) in [6, 6.07) is 0.0614. The quantitative estimate of drug-likeness (QED) is 0.792. The van der Waals surface area contributed by atoms with E-state index in [1.165, 1.54) is 18.0 Å². The summed E-state index contributed by atoms with van der Waals surface area (Å²) in [7, 11) is 1.53. The zero-order valence-electron chi connectivity index (χ0n) is 16.3. The second-order valence-electron chi connectivity index (χ2n) is 6.92. The molecule has 0 atom stereocenters. The van der Waals surface area contributed by atoms with Gasteiger partial charge in [-0.05, 0) is 39.5 Å². The van der Waals surface area contributed by atoms with Crippen LogP contribution in [0.2, 0.25) is 0 Å². The molecule has 2 aromatic heterocycles.